The van der Waals surface area contributed by atoms with Crippen LogP contribution in [0.25, 0.3) is 0 Å². The van der Waals surface area contributed by atoms with Crippen molar-refractivity contribution in [2.24, 2.45) is 0 Å². The van der Waals surface area contributed by atoms with Crippen molar-refractivity contribution >= 4 is 24.2 Å². The molecule has 0 aromatic heterocycles. The fraction of sp³-hybridized carbons (Fsp3) is 0.538. The van der Waals surface area contributed by atoms with Crippen LogP contribution < -0.4 is 9.16 Å². The van der Waals surface area contributed by atoms with Gasteiger partial charge < -0.3 is 9.16 Å². The smallest absolute Gasteiger partial charge is 0.250 e. The van der Waals surface area contributed by atoms with Gasteiger partial charge in [0.25, 0.3) is 8.32 Å². The van der Waals surface area contributed by atoms with Crippen LogP contribution in [0.4, 0.5) is 4.39 Å². The highest BCUT2D eigenvalue weighted by molar-refractivity contribution is 9.10. The summed E-state index contributed by atoms with van der Waals surface area (Å²) in [5, 5.41) is 0.0571. The van der Waals surface area contributed by atoms with Crippen molar-refractivity contribution in [1.82, 2.24) is 0 Å². The lowest BCUT2D eigenvalue weighted by Crippen LogP contribution is -2.43. The lowest BCUT2D eigenvalue weighted by molar-refractivity contribution is 0.383. The maximum atomic E-state index is 13.6. The van der Waals surface area contributed by atoms with E-state index < -0.39 is 8.32 Å². The molecule has 1 aromatic carbocycles. The van der Waals surface area contributed by atoms with Crippen LogP contribution in [-0.4, -0.2) is 15.4 Å². The first-order chi connectivity index (χ1) is 8.08. The standard InChI is InChI=1S/C13H20BrFO2Si/c1-13(2,3)18(5,6)17-12-8-10(15)9(14)7-11(12)16-4/h7-8H,1-6H3. The van der Waals surface area contributed by atoms with Crippen molar-refractivity contribution in [2.75, 3.05) is 7.11 Å². The molecule has 1 rings (SSSR count). The normalized spacial score (nSPS) is 12.4. The van der Waals surface area contributed by atoms with Crippen LogP contribution >= 0.6 is 15.9 Å². The van der Waals surface area contributed by atoms with Gasteiger partial charge in [-0.2, -0.15) is 0 Å². The summed E-state index contributed by atoms with van der Waals surface area (Å²) in [7, 11) is -0.442. The molecule has 0 aliphatic heterocycles. The third kappa shape index (κ3) is 3.26. The molecule has 0 fully saturated rings. The summed E-state index contributed by atoms with van der Waals surface area (Å²) >= 11 is 3.14. The molecule has 5 heteroatoms. The molecular weight excluding hydrogens is 315 g/mol. The van der Waals surface area contributed by atoms with E-state index in [2.05, 4.69) is 49.8 Å². The molecule has 102 valence electrons. The van der Waals surface area contributed by atoms with E-state index in [1.54, 1.807) is 13.2 Å². The zero-order chi connectivity index (χ0) is 14.1. The molecule has 0 spiro atoms. The lowest BCUT2D eigenvalue weighted by Gasteiger charge is -2.36. The summed E-state index contributed by atoms with van der Waals surface area (Å²) in [6.45, 7) is 10.7. The first kappa shape index (κ1) is 15.5. The second-order valence-corrected chi connectivity index (χ2v) is 11.4. The largest absolute Gasteiger partial charge is 0.541 e. The summed E-state index contributed by atoms with van der Waals surface area (Å²) in [6, 6.07) is 2.97. The Hall–Kier alpha value is -0.553. The van der Waals surface area contributed by atoms with Crippen LogP contribution in [0.15, 0.2) is 16.6 Å². The van der Waals surface area contributed by atoms with Crippen LogP contribution in [0.1, 0.15) is 20.8 Å². The van der Waals surface area contributed by atoms with Crippen molar-refractivity contribution in [2.45, 2.75) is 38.9 Å². The molecule has 0 aliphatic rings. The Bertz CT molecular complexity index is 441. The Kier molecular flexibility index (Phi) is 4.49. The van der Waals surface area contributed by atoms with Crippen molar-refractivity contribution < 1.29 is 13.6 Å². The molecule has 0 N–H and O–H groups in total. The fourth-order valence-electron chi connectivity index (χ4n) is 1.18. The first-order valence-electron chi connectivity index (χ1n) is 5.80. The van der Waals surface area contributed by atoms with Gasteiger partial charge in [0.05, 0.1) is 11.6 Å². The first-order valence-corrected chi connectivity index (χ1v) is 9.50. The molecule has 0 heterocycles. The third-order valence-electron chi connectivity index (χ3n) is 3.38. The minimum Gasteiger partial charge on any atom is -0.541 e. The number of benzene rings is 1. The number of hydrogen-bond acceptors (Lipinski definition) is 2. The molecule has 0 radical (unpaired) electrons. The van der Waals surface area contributed by atoms with E-state index in [-0.39, 0.29) is 10.9 Å². The minimum absolute atomic E-state index is 0.0571. The Labute approximate surface area is 118 Å². The Balaban J connectivity index is 3.15. The van der Waals surface area contributed by atoms with Gasteiger partial charge in [0.15, 0.2) is 5.75 Å². The molecule has 2 nitrogen and oxygen atoms in total. The second-order valence-electron chi connectivity index (χ2n) is 5.78. The van der Waals surface area contributed by atoms with Crippen LogP contribution in [0.2, 0.25) is 18.1 Å². The molecule has 0 amide bonds. The molecule has 0 atom stereocenters. The topological polar surface area (TPSA) is 18.5 Å². The van der Waals surface area contributed by atoms with Gasteiger partial charge in [0.2, 0.25) is 0 Å². The molecule has 0 saturated heterocycles. The van der Waals surface area contributed by atoms with Gasteiger partial charge in [-0.05, 0) is 34.1 Å². The molecule has 0 aliphatic carbocycles. The number of hydrogen-bond donors (Lipinski definition) is 0. The highest BCUT2D eigenvalue weighted by Crippen LogP contribution is 2.41. The summed E-state index contributed by atoms with van der Waals surface area (Å²) in [4.78, 5) is 0. The van der Waals surface area contributed by atoms with Gasteiger partial charge in [-0.1, -0.05) is 20.8 Å². The predicted molar refractivity (Wildman–Crippen MR) is 78.5 cm³/mol. The van der Waals surface area contributed by atoms with Crippen molar-refractivity contribution in [3.05, 3.63) is 22.4 Å². The van der Waals surface area contributed by atoms with E-state index in [4.69, 9.17) is 9.16 Å². The summed E-state index contributed by atoms with van der Waals surface area (Å²) < 4.78 is 25.3. The Morgan fingerprint density at radius 2 is 1.72 bits per heavy atom. The maximum absolute atomic E-state index is 13.6. The van der Waals surface area contributed by atoms with Crippen molar-refractivity contribution in [3.8, 4) is 11.5 Å². The average molecular weight is 335 g/mol. The summed E-state index contributed by atoms with van der Waals surface area (Å²) in [5.74, 6) is 0.683. The summed E-state index contributed by atoms with van der Waals surface area (Å²) in [5.41, 5.74) is 0. The third-order valence-corrected chi connectivity index (χ3v) is 8.33. The van der Waals surface area contributed by atoms with E-state index >= 15 is 0 Å². The van der Waals surface area contributed by atoms with E-state index in [0.29, 0.717) is 16.0 Å². The SMILES string of the molecule is COc1cc(Br)c(F)cc1O[Si](C)(C)C(C)(C)C. The van der Waals surface area contributed by atoms with Gasteiger partial charge in [-0.3, -0.25) is 0 Å². The molecule has 0 bridgehead atoms. The van der Waals surface area contributed by atoms with Crippen LogP contribution in [-0.2, 0) is 0 Å². The number of methoxy groups -OCH3 is 1. The number of rotatable bonds is 3. The highest BCUT2D eigenvalue weighted by atomic mass is 79.9. The maximum Gasteiger partial charge on any atom is 0.250 e. The van der Waals surface area contributed by atoms with Gasteiger partial charge in [0.1, 0.15) is 11.6 Å². The summed E-state index contributed by atoms with van der Waals surface area (Å²) in [6.07, 6.45) is 0. The lowest BCUT2D eigenvalue weighted by atomic mass is 10.2. The molecular formula is C13H20BrFO2Si. The Morgan fingerprint density at radius 1 is 1.17 bits per heavy atom. The fourth-order valence-corrected chi connectivity index (χ4v) is 2.52. The zero-order valence-electron chi connectivity index (χ0n) is 11.7. The zero-order valence-corrected chi connectivity index (χ0v) is 14.3. The quantitative estimate of drug-likeness (QED) is 0.725. The van der Waals surface area contributed by atoms with Crippen LogP contribution in [0.3, 0.4) is 0 Å². The van der Waals surface area contributed by atoms with E-state index in [1.165, 1.54) is 6.07 Å². The highest BCUT2D eigenvalue weighted by Gasteiger charge is 2.39. The molecule has 0 saturated carbocycles. The molecule has 1 aromatic rings. The van der Waals surface area contributed by atoms with E-state index in [1.807, 2.05) is 0 Å². The van der Waals surface area contributed by atoms with Crippen LogP contribution in [0.5, 0.6) is 11.5 Å². The predicted octanol–water partition coefficient (Wildman–Crippen LogP) is 4.98. The van der Waals surface area contributed by atoms with Gasteiger partial charge >= 0.3 is 0 Å². The molecule has 18 heavy (non-hydrogen) atoms. The number of halogens is 2. The van der Waals surface area contributed by atoms with Gasteiger partial charge in [-0.15, -0.1) is 0 Å². The minimum atomic E-state index is -2.00. The second kappa shape index (κ2) is 5.21. The number of ether oxygens (including phenoxy) is 1. The van der Waals surface area contributed by atoms with Crippen molar-refractivity contribution in [3.63, 3.8) is 0 Å². The van der Waals surface area contributed by atoms with Crippen molar-refractivity contribution in [1.29, 1.82) is 0 Å². The van der Waals surface area contributed by atoms with Gasteiger partial charge in [0, 0.05) is 12.1 Å². The van der Waals surface area contributed by atoms with E-state index in [0.717, 1.165) is 0 Å². The Morgan fingerprint density at radius 3 is 2.17 bits per heavy atom. The molecule has 0 unspecified atom stereocenters. The van der Waals surface area contributed by atoms with Gasteiger partial charge in [-0.25, -0.2) is 4.39 Å². The van der Waals surface area contributed by atoms with Crippen LogP contribution in [0, 0.1) is 5.82 Å². The monoisotopic (exact) mass is 334 g/mol. The average Bonchev–Trinajstić information content (AvgIpc) is 2.21. The van der Waals surface area contributed by atoms with E-state index in [9.17, 15) is 4.39 Å².